The van der Waals surface area contributed by atoms with E-state index in [0.717, 1.165) is 12.8 Å². The molecule has 0 aromatic carbocycles. The number of fused-ring (bicyclic) bond motifs is 2. The third-order valence-electron chi connectivity index (χ3n) is 3.83. The maximum Gasteiger partial charge on any atom is 0.322 e. The molecule has 2 rings (SSSR count). The third kappa shape index (κ3) is 1.98. The number of hydrogen-bond acceptors (Lipinski definition) is 4. The van der Waals surface area contributed by atoms with Crippen molar-refractivity contribution in [1.29, 1.82) is 0 Å². The Kier molecular flexibility index (Phi) is 3.28. The molecule has 0 saturated carbocycles. The van der Waals surface area contributed by atoms with Gasteiger partial charge in [-0.1, -0.05) is 6.42 Å². The summed E-state index contributed by atoms with van der Waals surface area (Å²) in [5, 5.41) is 0. The van der Waals surface area contributed by atoms with Crippen LogP contribution in [0.25, 0.3) is 0 Å². The monoisotopic (exact) mass is 225 g/mol. The molecule has 2 aliphatic rings. The van der Waals surface area contributed by atoms with Crippen LogP contribution in [-0.2, 0) is 14.3 Å². The quantitative estimate of drug-likeness (QED) is 0.661. The van der Waals surface area contributed by atoms with E-state index < -0.39 is 0 Å². The fourth-order valence-corrected chi connectivity index (χ4v) is 3.13. The molecule has 0 aliphatic carbocycles. The number of rotatable bonds is 2. The highest BCUT2D eigenvalue weighted by atomic mass is 16.5. The molecule has 3 unspecified atom stereocenters. The van der Waals surface area contributed by atoms with Crippen molar-refractivity contribution in [3.63, 3.8) is 0 Å². The van der Waals surface area contributed by atoms with Crippen molar-refractivity contribution in [1.82, 2.24) is 4.90 Å². The molecule has 16 heavy (non-hydrogen) atoms. The van der Waals surface area contributed by atoms with E-state index in [1.807, 2.05) is 6.92 Å². The maximum atomic E-state index is 11.6. The Morgan fingerprint density at radius 3 is 2.44 bits per heavy atom. The van der Waals surface area contributed by atoms with Crippen molar-refractivity contribution in [2.24, 2.45) is 0 Å². The molecular weight excluding hydrogens is 206 g/mol. The summed E-state index contributed by atoms with van der Waals surface area (Å²) in [4.78, 5) is 25.3. The molecular formula is C12H19NO3. The summed E-state index contributed by atoms with van der Waals surface area (Å²) in [6.07, 6.45) is 4.45. The highest BCUT2D eigenvalue weighted by Gasteiger charge is 2.41. The minimum Gasteiger partial charge on any atom is -0.468 e. The molecule has 2 aliphatic heterocycles. The predicted octanol–water partition coefficient (Wildman–Crippen LogP) is 1.13. The Morgan fingerprint density at radius 1 is 1.38 bits per heavy atom. The lowest BCUT2D eigenvalue weighted by molar-refractivity contribution is -0.153. The summed E-state index contributed by atoms with van der Waals surface area (Å²) in [6.45, 7) is 1.88. The molecule has 4 heteroatoms. The molecule has 0 aromatic rings. The van der Waals surface area contributed by atoms with Crippen LogP contribution in [0.15, 0.2) is 0 Å². The molecule has 4 nitrogen and oxygen atoms in total. The summed E-state index contributed by atoms with van der Waals surface area (Å²) >= 11 is 0. The maximum absolute atomic E-state index is 11.6. The van der Waals surface area contributed by atoms with Gasteiger partial charge < -0.3 is 4.74 Å². The van der Waals surface area contributed by atoms with Crippen LogP contribution in [0.5, 0.6) is 0 Å². The standard InChI is InChI=1S/C12H19NO3/c1-8(12(15)16-2)13-9-4-3-5-10(13)7-11(14)6-9/h8-10H,3-7H2,1-2H3. The van der Waals surface area contributed by atoms with Crippen molar-refractivity contribution < 1.29 is 14.3 Å². The Bertz CT molecular complexity index is 287. The normalized spacial score (nSPS) is 32.2. The lowest BCUT2D eigenvalue weighted by Gasteiger charge is -2.47. The third-order valence-corrected chi connectivity index (χ3v) is 3.83. The van der Waals surface area contributed by atoms with Gasteiger partial charge in [0, 0.05) is 24.9 Å². The van der Waals surface area contributed by atoms with E-state index in [-0.39, 0.29) is 24.1 Å². The second-order valence-corrected chi connectivity index (χ2v) is 4.83. The second-order valence-electron chi connectivity index (χ2n) is 4.83. The van der Waals surface area contributed by atoms with Gasteiger partial charge in [0.15, 0.2) is 0 Å². The summed E-state index contributed by atoms with van der Waals surface area (Å²) in [6, 6.07) is 0.302. The molecule has 2 heterocycles. The minimum atomic E-state index is -0.214. The first-order valence-electron chi connectivity index (χ1n) is 6.00. The van der Waals surface area contributed by atoms with Crippen molar-refractivity contribution >= 4 is 11.8 Å². The van der Waals surface area contributed by atoms with Gasteiger partial charge in [-0.15, -0.1) is 0 Å². The van der Waals surface area contributed by atoms with Crippen molar-refractivity contribution in [3.8, 4) is 0 Å². The van der Waals surface area contributed by atoms with Gasteiger partial charge in [0.1, 0.15) is 11.8 Å². The number of carbonyl (C=O) groups excluding carboxylic acids is 2. The molecule has 2 fully saturated rings. The number of nitrogens with zero attached hydrogens (tertiary/aromatic N) is 1. The fourth-order valence-electron chi connectivity index (χ4n) is 3.13. The van der Waals surface area contributed by atoms with Crippen LogP contribution in [0.2, 0.25) is 0 Å². The lowest BCUT2D eigenvalue weighted by Crippen LogP contribution is -2.58. The highest BCUT2D eigenvalue weighted by Crippen LogP contribution is 2.34. The van der Waals surface area contributed by atoms with Gasteiger partial charge >= 0.3 is 5.97 Å². The molecule has 90 valence electrons. The van der Waals surface area contributed by atoms with E-state index in [9.17, 15) is 9.59 Å². The highest BCUT2D eigenvalue weighted by molar-refractivity contribution is 5.81. The number of ketones is 1. The average Bonchev–Trinajstić information content (AvgIpc) is 2.25. The minimum absolute atomic E-state index is 0.189. The Morgan fingerprint density at radius 2 is 1.94 bits per heavy atom. The predicted molar refractivity (Wildman–Crippen MR) is 59.0 cm³/mol. The van der Waals surface area contributed by atoms with Crippen LogP contribution in [0, 0.1) is 0 Å². The van der Waals surface area contributed by atoms with Crippen LogP contribution in [0.1, 0.15) is 39.0 Å². The molecule has 2 saturated heterocycles. The number of carbonyl (C=O) groups is 2. The second kappa shape index (κ2) is 4.53. The number of methoxy groups -OCH3 is 1. The van der Waals surface area contributed by atoms with E-state index in [4.69, 9.17) is 4.74 Å². The van der Waals surface area contributed by atoms with Gasteiger partial charge in [-0.05, 0) is 19.8 Å². The number of esters is 1. The first kappa shape index (κ1) is 11.6. The topological polar surface area (TPSA) is 46.6 Å². The molecule has 3 atom stereocenters. The van der Waals surface area contributed by atoms with Crippen LogP contribution in [0.3, 0.4) is 0 Å². The van der Waals surface area contributed by atoms with E-state index in [2.05, 4.69) is 4.90 Å². The summed E-state index contributed by atoms with van der Waals surface area (Å²) in [5.41, 5.74) is 0. The van der Waals surface area contributed by atoms with Gasteiger partial charge in [-0.3, -0.25) is 14.5 Å². The average molecular weight is 225 g/mol. The first-order valence-corrected chi connectivity index (χ1v) is 6.00. The van der Waals surface area contributed by atoms with Gasteiger partial charge in [0.25, 0.3) is 0 Å². The lowest BCUT2D eigenvalue weighted by atomic mass is 9.82. The number of Topliss-reactive ketones (excluding diaryl/α,β-unsaturated/α-hetero) is 1. The Labute approximate surface area is 95.9 Å². The Balaban J connectivity index is 2.14. The zero-order valence-electron chi connectivity index (χ0n) is 9.94. The molecule has 2 bridgehead atoms. The number of piperidine rings is 2. The van der Waals surface area contributed by atoms with Crippen LogP contribution in [-0.4, -0.2) is 41.9 Å². The largest absolute Gasteiger partial charge is 0.468 e. The van der Waals surface area contributed by atoms with Gasteiger partial charge in [0.05, 0.1) is 7.11 Å². The van der Waals surface area contributed by atoms with E-state index in [1.165, 1.54) is 13.5 Å². The molecule has 0 amide bonds. The van der Waals surface area contributed by atoms with Crippen LogP contribution >= 0.6 is 0 Å². The summed E-state index contributed by atoms with van der Waals surface area (Å²) in [7, 11) is 1.42. The van der Waals surface area contributed by atoms with E-state index >= 15 is 0 Å². The van der Waals surface area contributed by atoms with Crippen molar-refractivity contribution in [2.45, 2.75) is 57.2 Å². The summed E-state index contributed by atoms with van der Waals surface area (Å²) in [5.74, 6) is 0.161. The van der Waals surface area contributed by atoms with Gasteiger partial charge in [0.2, 0.25) is 0 Å². The fraction of sp³-hybridized carbons (Fsp3) is 0.833. The van der Waals surface area contributed by atoms with Gasteiger partial charge in [-0.2, -0.15) is 0 Å². The van der Waals surface area contributed by atoms with Crippen molar-refractivity contribution in [2.75, 3.05) is 7.11 Å². The molecule has 0 spiro atoms. The number of hydrogen-bond donors (Lipinski definition) is 0. The van der Waals surface area contributed by atoms with Gasteiger partial charge in [-0.25, -0.2) is 0 Å². The number of ether oxygens (including phenoxy) is 1. The Hall–Kier alpha value is -0.900. The summed E-state index contributed by atoms with van der Waals surface area (Å²) < 4.78 is 4.79. The first-order chi connectivity index (χ1) is 7.63. The smallest absolute Gasteiger partial charge is 0.322 e. The zero-order valence-corrected chi connectivity index (χ0v) is 9.94. The molecule has 0 radical (unpaired) electrons. The van der Waals surface area contributed by atoms with Crippen molar-refractivity contribution in [3.05, 3.63) is 0 Å². The zero-order chi connectivity index (χ0) is 11.7. The van der Waals surface area contributed by atoms with Crippen LogP contribution in [0.4, 0.5) is 0 Å². The van der Waals surface area contributed by atoms with E-state index in [1.54, 1.807) is 0 Å². The van der Waals surface area contributed by atoms with Crippen LogP contribution < -0.4 is 0 Å². The molecule has 0 aromatic heterocycles. The van der Waals surface area contributed by atoms with E-state index in [0.29, 0.717) is 18.6 Å². The molecule has 0 N–H and O–H groups in total. The SMILES string of the molecule is COC(=O)C(C)N1C2CCCC1CC(=O)C2.